The predicted octanol–water partition coefficient (Wildman–Crippen LogP) is 4.13. The van der Waals surface area contributed by atoms with Gasteiger partial charge in [-0.1, -0.05) is 29.3 Å². The lowest BCUT2D eigenvalue weighted by molar-refractivity contribution is -0.121. The van der Waals surface area contributed by atoms with Crippen molar-refractivity contribution in [2.24, 2.45) is 5.10 Å². The number of halogens is 2. The number of likely N-dealkylation sites (N-methyl/N-ethyl adjacent to an activating group) is 1. The number of nitrogens with zero attached hydrogens (tertiary/aromatic N) is 3. The number of sulfonamides is 1. The van der Waals surface area contributed by atoms with E-state index in [2.05, 4.69) is 15.8 Å². The Hall–Kier alpha value is -3.18. The van der Waals surface area contributed by atoms with E-state index in [0.29, 0.717) is 15.7 Å². The number of benzene rings is 2. The van der Waals surface area contributed by atoms with E-state index in [1.807, 2.05) is 30.5 Å². The van der Waals surface area contributed by atoms with E-state index in [-0.39, 0.29) is 10.8 Å². The van der Waals surface area contributed by atoms with Crippen molar-refractivity contribution >= 4 is 56.9 Å². The molecule has 0 unspecified atom stereocenters. The molecule has 3 aromatic rings. The molecule has 0 fully saturated rings. The van der Waals surface area contributed by atoms with Crippen LogP contribution in [-0.4, -0.2) is 48.9 Å². The van der Waals surface area contributed by atoms with Crippen LogP contribution in [0.25, 0.3) is 5.69 Å². The molecule has 0 saturated carbocycles. The second-order valence-corrected chi connectivity index (χ2v) is 10.8. The average molecular weight is 550 g/mol. The number of aryl methyl sites for hydroxylation is 1. The van der Waals surface area contributed by atoms with Gasteiger partial charge in [0.1, 0.15) is 0 Å². The number of nitrogens with one attached hydrogen (secondary N) is 2. The molecule has 3 rings (SSSR count). The first-order valence-electron chi connectivity index (χ1n) is 10.7. The zero-order valence-electron chi connectivity index (χ0n) is 20.0. The number of aromatic nitrogens is 1. The zero-order valence-corrected chi connectivity index (χ0v) is 22.4. The van der Waals surface area contributed by atoms with Gasteiger partial charge in [0.05, 0.1) is 33.4 Å². The van der Waals surface area contributed by atoms with Crippen molar-refractivity contribution in [1.82, 2.24) is 14.3 Å². The molecule has 0 aliphatic heterocycles. The van der Waals surface area contributed by atoms with Crippen LogP contribution < -0.4 is 10.7 Å². The van der Waals surface area contributed by atoms with Crippen LogP contribution >= 0.6 is 23.2 Å². The van der Waals surface area contributed by atoms with Crippen LogP contribution in [0.2, 0.25) is 10.0 Å². The SMILES string of the molecule is CC(=O)Nc1ccc(S(=O)(=O)N(C)CC(=O)N/N=C/c2cc(C)n(-c3cccc(Cl)c3Cl)c2C)cc1. The normalized spacial score (nSPS) is 11.8. The molecule has 190 valence electrons. The highest BCUT2D eigenvalue weighted by Crippen LogP contribution is 2.31. The van der Waals surface area contributed by atoms with Gasteiger partial charge in [-0.15, -0.1) is 0 Å². The summed E-state index contributed by atoms with van der Waals surface area (Å²) in [6.07, 6.45) is 1.48. The maximum absolute atomic E-state index is 12.8. The van der Waals surface area contributed by atoms with E-state index in [1.165, 1.54) is 44.5 Å². The van der Waals surface area contributed by atoms with Crippen LogP contribution in [0.5, 0.6) is 0 Å². The highest BCUT2D eigenvalue weighted by Gasteiger charge is 2.23. The number of hydrazone groups is 1. The standard InChI is InChI=1S/C24H25Cl2N5O4S/c1-15-12-18(16(2)31(15)22-7-5-6-21(25)24(22)26)13-27-29-23(33)14-30(4)36(34,35)20-10-8-19(9-11-20)28-17(3)32/h5-13H,14H2,1-4H3,(H,28,32)(H,29,33)/b27-13+. The van der Waals surface area contributed by atoms with Gasteiger partial charge in [0, 0.05) is 36.6 Å². The van der Waals surface area contributed by atoms with Crippen molar-refractivity contribution in [3.8, 4) is 5.69 Å². The molecule has 2 aromatic carbocycles. The summed E-state index contributed by atoms with van der Waals surface area (Å²) in [5.74, 6) is -0.881. The second-order valence-electron chi connectivity index (χ2n) is 7.99. The first-order chi connectivity index (χ1) is 16.9. The van der Waals surface area contributed by atoms with Gasteiger partial charge in [-0.2, -0.15) is 9.41 Å². The van der Waals surface area contributed by atoms with Crippen LogP contribution in [0, 0.1) is 13.8 Å². The lowest BCUT2D eigenvalue weighted by Gasteiger charge is -2.16. The van der Waals surface area contributed by atoms with Crippen molar-refractivity contribution in [2.45, 2.75) is 25.7 Å². The summed E-state index contributed by atoms with van der Waals surface area (Å²) in [5, 5.41) is 7.40. The van der Waals surface area contributed by atoms with Gasteiger partial charge in [-0.3, -0.25) is 9.59 Å². The van der Waals surface area contributed by atoms with Crippen LogP contribution in [0.4, 0.5) is 5.69 Å². The quantitative estimate of drug-likeness (QED) is 0.324. The van der Waals surface area contributed by atoms with E-state index < -0.39 is 22.5 Å². The number of hydrogen-bond donors (Lipinski definition) is 2. The third-order valence-corrected chi connectivity index (χ3v) is 7.91. The number of carbonyl (C=O) groups is 2. The molecule has 0 aliphatic rings. The van der Waals surface area contributed by atoms with E-state index in [1.54, 1.807) is 12.1 Å². The lowest BCUT2D eigenvalue weighted by Crippen LogP contribution is -2.36. The Kier molecular flexibility index (Phi) is 8.57. The fraction of sp³-hybridized carbons (Fsp3) is 0.208. The van der Waals surface area contributed by atoms with Gasteiger partial charge in [0.15, 0.2) is 0 Å². The van der Waals surface area contributed by atoms with Crippen LogP contribution in [0.1, 0.15) is 23.9 Å². The maximum Gasteiger partial charge on any atom is 0.255 e. The molecule has 0 aliphatic carbocycles. The molecule has 1 aromatic heterocycles. The van der Waals surface area contributed by atoms with Crippen molar-refractivity contribution in [2.75, 3.05) is 18.9 Å². The number of carbonyl (C=O) groups excluding carboxylic acids is 2. The Balaban J connectivity index is 1.67. The molecular weight excluding hydrogens is 525 g/mol. The van der Waals surface area contributed by atoms with E-state index in [9.17, 15) is 18.0 Å². The van der Waals surface area contributed by atoms with Gasteiger partial charge in [-0.05, 0) is 56.3 Å². The minimum Gasteiger partial charge on any atom is -0.326 e. The Morgan fingerprint density at radius 3 is 2.42 bits per heavy atom. The molecule has 36 heavy (non-hydrogen) atoms. The van der Waals surface area contributed by atoms with Crippen molar-refractivity contribution < 1.29 is 18.0 Å². The smallest absolute Gasteiger partial charge is 0.255 e. The average Bonchev–Trinajstić information content (AvgIpc) is 3.08. The lowest BCUT2D eigenvalue weighted by atomic mass is 10.2. The Labute approximate surface area is 219 Å². The van der Waals surface area contributed by atoms with Gasteiger partial charge in [0.2, 0.25) is 15.9 Å². The Morgan fingerprint density at radius 1 is 1.11 bits per heavy atom. The number of anilines is 1. The first-order valence-corrected chi connectivity index (χ1v) is 12.9. The van der Waals surface area contributed by atoms with Crippen molar-refractivity contribution in [3.05, 3.63) is 75.5 Å². The van der Waals surface area contributed by atoms with E-state index in [4.69, 9.17) is 23.2 Å². The van der Waals surface area contributed by atoms with Crippen LogP contribution in [0.15, 0.2) is 58.5 Å². The Bertz CT molecular complexity index is 1430. The van der Waals surface area contributed by atoms with Crippen LogP contribution in [0.3, 0.4) is 0 Å². The molecule has 9 nitrogen and oxygen atoms in total. The monoisotopic (exact) mass is 549 g/mol. The maximum atomic E-state index is 12.8. The second kappa shape index (κ2) is 11.3. The molecule has 2 N–H and O–H groups in total. The third-order valence-electron chi connectivity index (χ3n) is 5.28. The zero-order chi connectivity index (χ0) is 26.6. The number of rotatable bonds is 8. The molecule has 0 spiro atoms. The summed E-state index contributed by atoms with van der Waals surface area (Å²) in [5.41, 5.74) is 6.00. The summed E-state index contributed by atoms with van der Waals surface area (Å²) in [6, 6.07) is 12.9. The fourth-order valence-electron chi connectivity index (χ4n) is 3.54. The summed E-state index contributed by atoms with van der Waals surface area (Å²) in [6.45, 7) is 4.70. The van der Waals surface area contributed by atoms with Gasteiger partial charge in [0.25, 0.3) is 5.91 Å². The highest BCUT2D eigenvalue weighted by atomic mass is 35.5. The topological polar surface area (TPSA) is 113 Å². The molecule has 12 heteroatoms. The first kappa shape index (κ1) is 27.4. The number of hydrogen-bond acceptors (Lipinski definition) is 5. The van der Waals surface area contributed by atoms with Crippen LogP contribution in [-0.2, 0) is 19.6 Å². The summed E-state index contributed by atoms with van der Waals surface area (Å²) >= 11 is 12.5. The summed E-state index contributed by atoms with van der Waals surface area (Å²) < 4.78 is 28.4. The molecule has 2 amide bonds. The third kappa shape index (κ3) is 6.14. The van der Waals surface area contributed by atoms with Crippen molar-refractivity contribution in [1.29, 1.82) is 0 Å². The van der Waals surface area contributed by atoms with Gasteiger partial charge < -0.3 is 9.88 Å². The fourth-order valence-corrected chi connectivity index (χ4v) is 5.05. The summed E-state index contributed by atoms with van der Waals surface area (Å²) in [4.78, 5) is 23.5. The number of amides is 2. The highest BCUT2D eigenvalue weighted by molar-refractivity contribution is 7.89. The Morgan fingerprint density at radius 2 is 1.78 bits per heavy atom. The molecule has 0 radical (unpaired) electrons. The molecule has 1 heterocycles. The minimum absolute atomic E-state index is 0.0116. The minimum atomic E-state index is -3.92. The summed E-state index contributed by atoms with van der Waals surface area (Å²) in [7, 11) is -2.63. The molecule has 0 atom stereocenters. The van der Waals surface area contributed by atoms with Gasteiger partial charge >= 0.3 is 0 Å². The van der Waals surface area contributed by atoms with Gasteiger partial charge in [-0.25, -0.2) is 13.8 Å². The van der Waals surface area contributed by atoms with Crippen molar-refractivity contribution in [3.63, 3.8) is 0 Å². The molecule has 0 bridgehead atoms. The van der Waals surface area contributed by atoms with E-state index >= 15 is 0 Å². The van der Waals surface area contributed by atoms with E-state index in [0.717, 1.165) is 26.9 Å². The molecular formula is C24H25Cl2N5O4S. The predicted molar refractivity (Wildman–Crippen MR) is 142 cm³/mol. The largest absolute Gasteiger partial charge is 0.326 e. The molecule has 0 saturated heterocycles.